The standard InChI is InChI=1S/C19H16/c1-12-9-13(2)19-15(10-12)11-18-16-6-4-3-5-14(16)7-8-17(18)19/h3-10H,11H2,1-2H3. The van der Waals surface area contributed by atoms with Gasteiger partial charge in [0.15, 0.2) is 0 Å². The van der Waals surface area contributed by atoms with Gasteiger partial charge in [-0.2, -0.15) is 0 Å². The minimum Gasteiger partial charge on any atom is -0.0616 e. The lowest BCUT2D eigenvalue weighted by molar-refractivity contribution is 1.25. The third kappa shape index (κ3) is 1.46. The molecule has 4 rings (SSSR count). The highest BCUT2D eigenvalue weighted by Crippen LogP contribution is 2.42. The van der Waals surface area contributed by atoms with Gasteiger partial charge in [0.05, 0.1) is 0 Å². The average Bonchev–Trinajstić information content (AvgIpc) is 2.77. The Morgan fingerprint density at radius 2 is 1.74 bits per heavy atom. The number of hydrogen-bond donors (Lipinski definition) is 0. The Kier molecular flexibility index (Phi) is 2.11. The Bertz CT molecular complexity index is 810. The van der Waals surface area contributed by atoms with Crippen LogP contribution in [0.25, 0.3) is 21.9 Å². The summed E-state index contributed by atoms with van der Waals surface area (Å²) in [5.41, 5.74) is 8.67. The third-order valence-corrected chi connectivity index (χ3v) is 4.24. The normalized spacial score (nSPS) is 12.5. The van der Waals surface area contributed by atoms with Crippen molar-refractivity contribution < 1.29 is 0 Å². The van der Waals surface area contributed by atoms with E-state index < -0.39 is 0 Å². The summed E-state index contributed by atoms with van der Waals surface area (Å²) in [6.07, 6.45) is 1.08. The van der Waals surface area contributed by atoms with Crippen LogP contribution in [0.2, 0.25) is 0 Å². The zero-order valence-electron chi connectivity index (χ0n) is 11.3. The summed E-state index contributed by atoms with van der Waals surface area (Å²) < 4.78 is 0. The molecule has 92 valence electrons. The van der Waals surface area contributed by atoms with Gasteiger partial charge in [-0.25, -0.2) is 0 Å². The Morgan fingerprint density at radius 3 is 2.63 bits per heavy atom. The van der Waals surface area contributed by atoms with Gasteiger partial charge >= 0.3 is 0 Å². The third-order valence-electron chi connectivity index (χ3n) is 4.24. The highest BCUT2D eigenvalue weighted by atomic mass is 14.3. The van der Waals surface area contributed by atoms with Crippen LogP contribution in [0.4, 0.5) is 0 Å². The molecule has 1 aliphatic carbocycles. The molecule has 0 heterocycles. The first-order chi connectivity index (χ1) is 9.24. The van der Waals surface area contributed by atoms with E-state index in [1.807, 2.05) is 0 Å². The van der Waals surface area contributed by atoms with Crippen molar-refractivity contribution in [2.75, 3.05) is 0 Å². The molecular formula is C19H16. The predicted molar refractivity (Wildman–Crippen MR) is 81.7 cm³/mol. The summed E-state index contributed by atoms with van der Waals surface area (Å²) >= 11 is 0. The van der Waals surface area contributed by atoms with E-state index in [4.69, 9.17) is 0 Å². The molecule has 0 bridgehead atoms. The Balaban J connectivity index is 2.09. The first kappa shape index (κ1) is 10.8. The molecule has 0 N–H and O–H groups in total. The number of benzene rings is 3. The largest absolute Gasteiger partial charge is 0.0616 e. The zero-order chi connectivity index (χ0) is 13.0. The van der Waals surface area contributed by atoms with Crippen LogP contribution in [0, 0.1) is 13.8 Å². The maximum absolute atomic E-state index is 2.34. The molecule has 0 fully saturated rings. The molecule has 3 aromatic carbocycles. The fourth-order valence-corrected chi connectivity index (χ4v) is 3.53. The lowest BCUT2D eigenvalue weighted by atomic mass is 9.96. The summed E-state index contributed by atoms with van der Waals surface area (Å²) in [7, 11) is 0. The van der Waals surface area contributed by atoms with Gasteiger partial charge in [-0.15, -0.1) is 0 Å². The van der Waals surface area contributed by atoms with Crippen molar-refractivity contribution in [2.45, 2.75) is 20.3 Å². The van der Waals surface area contributed by atoms with Crippen LogP contribution in [0.3, 0.4) is 0 Å². The van der Waals surface area contributed by atoms with Crippen molar-refractivity contribution >= 4 is 10.8 Å². The summed E-state index contributed by atoms with van der Waals surface area (Å²) in [6, 6.07) is 17.9. The minimum atomic E-state index is 1.08. The highest BCUT2D eigenvalue weighted by Gasteiger charge is 2.22. The Morgan fingerprint density at radius 1 is 0.895 bits per heavy atom. The molecule has 0 unspecified atom stereocenters. The number of rotatable bonds is 0. The van der Waals surface area contributed by atoms with Crippen molar-refractivity contribution in [1.29, 1.82) is 0 Å². The second kappa shape index (κ2) is 3.71. The maximum atomic E-state index is 2.34. The van der Waals surface area contributed by atoms with Crippen molar-refractivity contribution in [3.63, 3.8) is 0 Å². The molecule has 0 atom stereocenters. The van der Waals surface area contributed by atoms with Gasteiger partial charge in [0, 0.05) is 0 Å². The second-order valence-corrected chi connectivity index (χ2v) is 5.61. The van der Waals surface area contributed by atoms with Crippen molar-refractivity contribution in [1.82, 2.24) is 0 Å². The van der Waals surface area contributed by atoms with Crippen LogP contribution in [0.15, 0.2) is 48.5 Å². The predicted octanol–water partition coefficient (Wildman–Crippen LogP) is 5.03. The zero-order valence-corrected chi connectivity index (χ0v) is 11.3. The van der Waals surface area contributed by atoms with Crippen LogP contribution in [0.1, 0.15) is 22.3 Å². The van der Waals surface area contributed by atoms with Crippen LogP contribution in [-0.2, 0) is 6.42 Å². The van der Waals surface area contributed by atoms with Crippen LogP contribution in [-0.4, -0.2) is 0 Å². The van der Waals surface area contributed by atoms with Gasteiger partial charge in [0.2, 0.25) is 0 Å². The van der Waals surface area contributed by atoms with Gasteiger partial charge in [0.1, 0.15) is 0 Å². The number of hydrogen-bond acceptors (Lipinski definition) is 0. The van der Waals surface area contributed by atoms with E-state index >= 15 is 0 Å². The molecule has 0 saturated carbocycles. The van der Waals surface area contributed by atoms with Gasteiger partial charge < -0.3 is 0 Å². The molecule has 0 nitrogen and oxygen atoms in total. The molecule has 0 aromatic heterocycles. The number of aryl methyl sites for hydroxylation is 2. The summed E-state index contributed by atoms with van der Waals surface area (Å²) in [5, 5.41) is 2.76. The molecule has 1 aliphatic rings. The van der Waals surface area contributed by atoms with E-state index in [1.54, 1.807) is 0 Å². The molecule has 3 aromatic rings. The lowest BCUT2D eigenvalue weighted by Crippen LogP contribution is -1.86. The van der Waals surface area contributed by atoms with E-state index in [1.165, 1.54) is 44.2 Å². The van der Waals surface area contributed by atoms with Gasteiger partial charge in [-0.1, -0.05) is 54.1 Å². The molecular weight excluding hydrogens is 228 g/mol. The molecule has 0 saturated heterocycles. The fraction of sp³-hybridized carbons (Fsp3) is 0.158. The summed E-state index contributed by atoms with van der Waals surface area (Å²) in [6.45, 7) is 4.42. The van der Waals surface area contributed by atoms with E-state index in [0.717, 1.165) is 6.42 Å². The second-order valence-electron chi connectivity index (χ2n) is 5.61. The smallest absolute Gasteiger partial charge is 0.000708 e. The summed E-state index contributed by atoms with van der Waals surface area (Å²) in [5.74, 6) is 0. The molecule has 0 radical (unpaired) electrons. The fourth-order valence-electron chi connectivity index (χ4n) is 3.53. The van der Waals surface area contributed by atoms with Crippen LogP contribution in [0.5, 0.6) is 0 Å². The van der Waals surface area contributed by atoms with E-state index in [0.29, 0.717) is 0 Å². The van der Waals surface area contributed by atoms with Crippen LogP contribution < -0.4 is 0 Å². The van der Waals surface area contributed by atoms with Crippen molar-refractivity contribution in [3.8, 4) is 11.1 Å². The molecule has 0 spiro atoms. The van der Waals surface area contributed by atoms with Gasteiger partial charge in [-0.3, -0.25) is 0 Å². The van der Waals surface area contributed by atoms with E-state index in [9.17, 15) is 0 Å². The topological polar surface area (TPSA) is 0 Å². The molecule has 0 heteroatoms. The monoisotopic (exact) mass is 244 g/mol. The quantitative estimate of drug-likeness (QED) is 0.407. The molecule has 0 amide bonds. The SMILES string of the molecule is Cc1cc(C)c2c(c1)Cc1c-2ccc2ccccc12. The first-order valence-electron chi connectivity index (χ1n) is 6.85. The maximum Gasteiger partial charge on any atom is -0.000708 e. The van der Waals surface area contributed by atoms with Gasteiger partial charge in [-0.05, 0) is 58.9 Å². The lowest BCUT2D eigenvalue weighted by Gasteiger charge is -2.08. The highest BCUT2D eigenvalue weighted by molar-refractivity contribution is 5.95. The van der Waals surface area contributed by atoms with Crippen LogP contribution >= 0.6 is 0 Å². The molecule has 19 heavy (non-hydrogen) atoms. The van der Waals surface area contributed by atoms with Gasteiger partial charge in [0.25, 0.3) is 0 Å². The van der Waals surface area contributed by atoms with Crippen molar-refractivity contribution in [2.24, 2.45) is 0 Å². The average molecular weight is 244 g/mol. The molecule has 0 aliphatic heterocycles. The number of fused-ring (bicyclic) bond motifs is 5. The summed E-state index contributed by atoms with van der Waals surface area (Å²) in [4.78, 5) is 0. The first-order valence-corrected chi connectivity index (χ1v) is 6.85. The van der Waals surface area contributed by atoms with Crippen molar-refractivity contribution in [3.05, 3.63) is 70.8 Å². The van der Waals surface area contributed by atoms with E-state index in [-0.39, 0.29) is 0 Å². The minimum absolute atomic E-state index is 1.08. The Labute approximate surface area is 113 Å². The van der Waals surface area contributed by atoms with E-state index in [2.05, 4.69) is 62.4 Å². The Hall–Kier alpha value is -2.08.